The van der Waals surface area contributed by atoms with Crippen LogP contribution in [-0.2, 0) is 0 Å². The molecule has 3 rings (SSSR count). The molecule has 2 N–H and O–H groups in total. The SMILES string of the molecule is CCNC(=O)N[C@H]1C=C[C@@H](c2c(C)nn(-c3ccc(OC)cc3)c2C)C1. The molecule has 6 heteroatoms. The number of urea groups is 1. The smallest absolute Gasteiger partial charge is 0.315 e. The van der Waals surface area contributed by atoms with E-state index in [0.29, 0.717) is 6.54 Å². The van der Waals surface area contributed by atoms with Crippen molar-refractivity contribution in [3.63, 3.8) is 0 Å². The van der Waals surface area contributed by atoms with Gasteiger partial charge in [0.25, 0.3) is 0 Å². The van der Waals surface area contributed by atoms with E-state index in [1.807, 2.05) is 42.8 Å². The Kier molecular flexibility index (Phi) is 5.30. The van der Waals surface area contributed by atoms with Crippen molar-refractivity contribution in [2.75, 3.05) is 13.7 Å². The minimum Gasteiger partial charge on any atom is -0.497 e. The second kappa shape index (κ2) is 7.64. The quantitative estimate of drug-likeness (QED) is 0.810. The number of benzene rings is 1. The van der Waals surface area contributed by atoms with E-state index in [4.69, 9.17) is 9.84 Å². The number of allylic oxidation sites excluding steroid dienone is 1. The van der Waals surface area contributed by atoms with Gasteiger partial charge in [-0.1, -0.05) is 12.2 Å². The predicted molar refractivity (Wildman–Crippen MR) is 102 cm³/mol. The van der Waals surface area contributed by atoms with E-state index in [1.165, 1.54) is 5.56 Å². The topological polar surface area (TPSA) is 68.2 Å². The van der Waals surface area contributed by atoms with E-state index in [-0.39, 0.29) is 18.0 Å². The molecule has 0 bridgehead atoms. The van der Waals surface area contributed by atoms with Crippen molar-refractivity contribution in [3.8, 4) is 11.4 Å². The fourth-order valence-electron chi connectivity index (χ4n) is 3.57. The van der Waals surface area contributed by atoms with Crippen LogP contribution in [0.5, 0.6) is 5.75 Å². The molecular weight excluding hydrogens is 328 g/mol. The molecule has 1 aliphatic rings. The Labute approximate surface area is 154 Å². The first-order valence-corrected chi connectivity index (χ1v) is 8.96. The van der Waals surface area contributed by atoms with E-state index in [1.54, 1.807) is 7.11 Å². The molecule has 1 heterocycles. The first-order chi connectivity index (χ1) is 12.5. The van der Waals surface area contributed by atoms with Gasteiger partial charge in [0.1, 0.15) is 5.75 Å². The summed E-state index contributed by atoms with van der Waals surface area (Å²) < 4.78 is 7.20. The molecule has 138 valence electrons. The number of nitrogens with zero attached hydrogens (tertiary/aromatic N) is 2. The van der Waals surface area contributed by atoms with Crippen LogP contribution in [-0.4, -0.2) is 35.5 Å². The molecule has 0 fully saturated rings. The van der Waals surface area contributed by atoms with E-state index in [9.17, 15) is 4.79 Å². The molecule has 0 aliphatic heterocycles. The van der Waals surface area contributed by atoms with Gasteiger partial charge in [-0.05, 0) is 51.5 Å². The fourth-order valence-corrected chi connectivity index (χ4v) is 3.57. The first-order valence-electron chi connectivity index (χ1n) is 8.96. The zero-order chi connectivity index (χ0) is 18.7. The number of hydrogen-bond acceptors (Lipinski definition) is 3. The number of carbonyl (C=O) groups excluding carboxylic acids is 1. The van der Waals surface area contributed by atoms with Gasteiger partial charge < -0.3 is 15.4 Å². The summed E-state index contributed by atoms with van der Waals surface area (Å²) in [5.74, 6) is 1.09. The average molecular weight is 354 g/mol. The fraction of sp³-hybridized carbons (Fsp3) is 0.400. The van der Waals surface area contributed by atoms with Gasteiger partial charge in [0.05, 0.1) is 18.5 Å². The number of methoxy groups -OCH3 is 1. The molecule has 1 aromatic heterocycles. The van der Waals surface area contributed by atoms with Crippen molar-refractivity contribution >= 4 is 6.03 Å². The van der Waals surface area contributed by atoms with Gasteiger partial charge in [-0.25, -0.2) is 9.48 Å². The number of nitrogens with one attached hydrogen (secondary N) is 2. The van der Waals surface area contributed by atoms with Crippen molar-refractivity contribution in [3.05, 3.63) is 53.4 Å². The molecule has 2 atom stereocenters. The molecule has 1 aliphatic carbocycles. The number of hydrogen-bond donors (Lipinski definition) is 2. The summed E-state index contributed by atoms with van der Waals surface area (Å²) in [7, 11) is 1.66. The number of amides is 2. The molecule has 6 nitrogen and oxygen atoms in total. The van der Waals surface area contributed by atoms with Crippen LogP contribution in [0.15, 0.2) is 36.4 Å². The van der Waals surface area contributed by atoms with Gasteiger partial charge in [-0.15, -0.1) is 0 Å². The largest absolute Gasteiger partial charge is 0.497 e. The normalized spacial score (nSPS) is 18.8. The highest BCUT2D eigenvalue weighted by Gasteiger charge is 2.26. The second-order valence-corrected chi connectivity index (χ2v) is 6.53. The summed E-state index contributed by atoms with van der Waals surface area (Å²) in [5, 5.41) is 10.5. The van der Waals surface area contributed by atoms with Crippen LogP contribution in [0.4, 0.5) is 4.79 Å². The maximum atomic E-state index is 11.7. The third-order valence-corrected chi connectivity index (χ3v) is 4.77. The lowest BCUT2D eigenvalue weighted by atomic mass is 9.96. The third kappa shape index (κ3) is 3.59. The molecule has 2 amide bonds. The molecule has 0 radical (unpaired) electrons. The molecular formula is C20H26N4O2. The zero-order valence-electron chi connectivity index (χ0n) is 15.7. The summed E-state index contributed by atoms with van der Waals surface area (Å²) in [4.78, 5) is 11.7. The standard InChI is InChI=1S/C20H26N4O2/c1-5-21-20(25)22-16-7-6-15(12-16)19-13(2)23-24(14(19)3)17-8-10-18(26-4)11-9-17/h6-11,15-16H,5,12H2,1-4H3,(H2,21,22,25)/t15-,16+/m1/s1. The lowest BCUT2D eigenvalue weighted by Crippen LogP contribution is -2.40. The highest BCUT2D eigenvalue weighted by atomic mass is 16.5. The lowest BCUT2D eigenvalue weighted by Gasteiger charge is -2.15. The summed E-state index contributed by atoms with van der Waals surface area (Å²) in [6, 6.07) is 7.82. The molecule has 0 saturated carbocycles. The highest BCUT2D eigenvalue weighted by molar-refractivity contribution is 5.74. The number of rotatable bonds is 5. The molecule has 0 spiro atoms. The maximum absolute atomic E-state index is 11.7. The Morgan fingerprint density at radius 1 is 1.27 bits per heavy atom. The summed E-state index contributed by atoms with van der Waals surface area (Å²) in [5.41, 5.74) is 4.39. The number of ether oxygens (including phenoxy) is 1. The highest BCUT2D eigenvalue weighted by Crippen LogP contribution is 2.34. The van der Waals surface area contributed by atoms with Crippen molar-refractivity contribution in [2.45, 2.75) is 39.2 Å². The Bertz CT molecular complexity index is 808. The van der Waals surface area contributed by atoms with Crippen LogP contribution >= 0.6 is 0 Å². The van der Waals surface area contributed by atoms with Gasteiger partial charge in [0.15, 0.2) is 0 Å². The summed E-state index contributed by atoms with van der Waals surface area (Å²) in [6.45, 7) is 6.67. The molecule has 0 unspecified atom stereocenters. The Morgan fingerprint density at radius 3 is 2.65 bits per heavy atom. The van der Waals surface area contributed by atoms with Gasteiger partial charge in [0, 0.05) is 29.8 Å². The van der Waals surface area contributed by atoms with Gasteiger partial charge in [-0.3, -0.25) is 0 Å². The molecule has 0 saturated heterocycles. The number of aromatic nitrogens is 2. The average Bonchev–Trinajstić information content (AvgIpc) is 3.19. The molecule has 2 aromatic rings. The Hall–Kier alpha value is -2.76. The van der Waals surface area contributed by atoms with Gasteiger partial charge >= 0.3 is 6.03 Å². The van der Waals surface area contributed by atoms with Crippen molar-refractivity contribution in [2.24, 2.45) is 0 Å². The van der Waals surface area contributed by atoms with Crippen LogP contribution < -0.4 is 15.4 Å². The van der Waals surface area contributed by atoms with Crippen LogP contribution in [0.3, 0.4) is 0 Å². The van der Waals surface area contributed by atoms with E-state index in [0.717, 1.165) is 29.2 Å². The zero-order valence-corrected chi connectivity index (χ0v) is 15.7. The molecule has 1 aromatic carbocycles. The summed E-state index contributed by atoms with van der Waals surface area (Å²) in [6.07, 6.45) is 5.10. The lowest BCUT2D eigenvalue weighted by molar-refractivity contribution is 0.239. The van der Waals surface area contributed by atoms with E-state index in [2.05, 4.69) is 29.7 Å². The Morgan fingerprint density at radius 2 is 2.00 bits per heavy atom. The minimum absolute atomic E-state index is 0.0506. The van der Waals surface area contributed by atoms with Crippen molar-refractivity contribution < 1.29 is 9.53 Å². The second-order valence-electron chi connectivity index (χ2n) is 6.53. The van der Waals surface area contributed by atoms with E-state index < -0.39 is 0 Å². The third-order valence-electron chi connectivity index (χ3n) is 4.77. The van der Waals surface area contributed by atoms with Crippen molar-refractivity contribution in [1.29, 1.82) is 0 Å². The number of carbonyl (C=O) groups is 1. The van der Waals surface area contributed by atoms with Gasteiger partial charge in [-0.2, -0.15) is 5.10 Å². The van der Waals surface area contributed by atoms with Crippen LogP contribution in [0, 0.1) is 13.8 Å². The van der Waals surface area contributed by atoms with Crippen LogP contribution in [0.1, 0.15) is 36.2 Å². The number of aryl methyl sites for hydroxylation is 1. The van der Waals surface area contributed by atoms with E-state index >= 15 is 0 Å². The predicted octanol–water partition coefficient (Wildman–Crippen LogP) is 3.23. The summed E-state index contributed by atoms with van der Waals surface area (Å²) >= 11 is 0. The van der Waals surface area contributed by atoms with Crippen molar-refractivity contribution in [1.82, 2.24) is 20.4 Å². The maximum Gasteiger partial charge on any atom is 0.315 e. The van der Waals surface area contributed by atoms with Crippen LogP contribution in [0.2, 0.25) is 0 Å². The molecule has 26 heavy (non-hydrogen) atoms. The van der Waals surface area contributed by atoms with Crippen LogP contribution in [0.25, 0.3) is 5.69 Å². The van der Waals surface area contributed by atoms with Gasteiger partial charge in [0.2, 0.25) is 0 Å². The first kappa shape index (κ1) is 18.0. The Balaban J connectivity index is 1.78. The minimum atomic E-state index is -0.120. The monoisotopic (exact) mass is 354 g/mol.